The molecule has 7 heteroatoms. The van der Waals surface area contributed by atoms with Crippen molar-refractivity contribution >= 4 is 23.5 Å². The predicted octanol–water partition coefficient (Wildman–Crippen LogP) is 3.40. The van der Waals surface area contributed by atoms with Crippen molar-refractivity contribution in [1.29, 1.82) is 0 Å². The maximum atomic E-state index is 12.8. The van der Waals surface area contributed by atoms with E-state index < -0.39 is 0 Å². The number of likely N-dealkylation sites (N-methyl/N-ethyl adjacent to an activating group) is 1. The van der Waals surface area contributed by atoms with Gasteiger partial charge < -0.3 is 20.9 Å². The topological polar surface area (TPSA) is 74.0 Å². The molecule has 1 aliphatic carbocycles. The van der Waals surface area contributed by atoms with E-state index in [0.29, 0.717) is 24.9 Å². The fourth-order valence-corrected chi connectivity index (χ4v) is 4.38. The molecule has 1 saturated carbocycles. The molecule has 1 aromatic carbocycles. The number of amides is 2. The zero-order chi connectivity index (χ0) is 21.7. The van der Waals surface area contributed by atoms with E-state index in [0.717, 1.165) is 48.8 Å². The lowest BCUT2D eigenvalue weighted by molar-refractivity contribution is 0.156. The number of likely N-dealkylation sites (tertiary alicyclic amines) is 1. The summed E-state index contributed by atoms with van der Waals surface area (Å²) in [5, 5.41) is 3.95. The van der Waals surface area contributed by atoms with Gasteiger partial charge in [0.15, 0.2) is 0 Å². The van der Waals surface area contributed by atoms with Crippen molar-refractivity contribution in [3.63, 3.8) is 0 Å². The van der Waals surface area contributed by atoms with E-state index in [-0.39, 0.29) is 12.1 Å². The average Bonchev–Trinajstić information content (AvgIpc) is 3.54. The SMILES string of the molecule is CN=C(/C=C\CN)N1CCC[C@@H](N(C)C(=O)NC[C@@H]2C[C@H]2c2ccc(Cl)c(C)c2)C1. The molecule has 0 bridgehead atoms. The van der Waals surface area contributed by atoms with Crippen LogP contribution in [0.25, 0.3) is 0 Å². The van der Waals surface area contributed by atoms with Gasteiger partial charge in [0.05, 0.1) is 6.04 Å². The van der Waals surface area contributed by atoms with E-state index in [1.807, 2.05) is 37.1 Å². The molecule has 164 valence electrons. The number of piperidine rings is 1. The van der Waals surface area contributed by atoms with Gasteiger partial charge in [-0.05, 0) is 61.3 Å². The van der Waals surface area contributed by atoms with Crippen LogP contribution in [0.5, 0.6) is 0 Å². The van der Waals surface area contributed by atoms with Gasteiger partial charge in [-0.2, -0.15) is 0 Å². The van der Waals surface area contributed by atoms with Crippen LogP contribution < -0.4 is 11.1 Å². The molecule has 1 aromatic rings. The van der Waals surface area contributed by atoms with Crippen molar-refractivity contribution < 1.29 is 4.79 Å². The summed E-state index contributed by atoms with van der Waals surface area (Å²) in [5.74, 6) is 1.96. The van der Waals surface area contributed by atoms with Gasteiger partial charge in [-0.3, -0.25) is 4.99 Å². The first-order chi connectivity index (χ1) is 14.4. The number of aliphatic imine (C=N–C) groups is 1. The van der Waals surface area contributed by atoms with Crippen molar-refractivity contribution in [3.8, 4) is 0 Å². The second-order valence-corrected chi connectivity index (χ2v) is 8.78. The molecule has 1 aliphatic heterocycles. The summed E-state index contributed by atoms with van der Waals surface area (Å²) in [6, 6.07) is 6.43. The lowest BCUT2D eigenvalue weighted by atomic mass is 10.0. The number of aryl methyl sites for hydroxylation is 1. The quantitative estimate of drug-likeness (QED) is 0.535. The second kappa shape index (κ2) is 10.3. The molecule has 3 N–H and O–H groups in total. The number of carbonyl (C=O) groups excluding carboxylic acids is 1. The number of benzene rings is 1. The lowest BCUT2D eigenvalue weighted by Crippen LogP contribution is -2.52. The molecule has 2 amide bonds. The monoisotopic (exact) mass is 431 g/mol. The van der Waals surface area contributed by atoms with Gasteiger partial charge >= 0.3 is 6.03 Å². The maximum Gasteiger partial charge on any atom is 0.317 e. The fraction of sp³-hybridized carbons (Fsp3) is 0.565. The van der Waals surface area contributed by atoms with Gasteiger partial charge in [0, 0.05) is 45.3 Å². The van der Waals surface area contributed by atoms with E-state index >= 15 is 0 Å². The first-order valence-corrected chi connectivity index (χ1v) is 11.2. The number of hydrogen-bond donors (Lipinski definition) is 2. The highest BCUT2D eigenvalue weighted by atomic mass is 35.5. The Balaban J connectivity index is 1.48. The summed E-state index contributed by atoms with van der Waals surface area (Å²) in [4.78, 5) is 21.2. The Bertz CT molecular complexity index is 809. The molecule has 1 saturated heterocycles. The van der Waals surface area contributed by atoms with Crippen LogP contribution in [0.4, 0.5) is 4.79 Å². The van der Waals surface area contributed by atoms with Gasteiger partial charge in [0.1, 0.15) is 5.84 Å². The van der Waals surface area contributed by atoms with Gasteiger partial charge in [0.25, 0.3) is 0 Å². The molecule has 3 atom stereocenters. The smallest absolute Gasteiger partial charge is 0.317 e. The number of halogens is 1. The highest BCUT2D eigenvalue weighted by Gasteiger charge is 2.38. The zero-order valence-corrected chi connectivity index (χ0v) is 19.0. The molecule has 0 unspecified atom stereocenters. The van der Waals surface area contributed by atoms with Crippen LogP contribution in [0.15, 0.2) is 35.3 Å². The zero-order valence-electron chi connectivity index (χ0n) is 18.3. The number of rotatable bonds is 6. The third-order valence-electron chi connectivity index (χ3n) is 6.27. The molecule has 2 fully saturated rings. The number of urea groups is 1. The molecule has 0 radical (unpaired) electrons. The molecule has 1 heterocycles. The standard InChI is InChI=1S/C23H34ClN5O/c1-16-12-17(8-9-21(16)24)20-13-18(20)14-27-23(30)28(3)19-6-5-11-29(15-19)22(26-2)7-4-10-25/h4,7-9,12,18-20H,5-6,10-11,13-15,25H2,1-3H3,(H,27,30)/b7-4-,26-22?/t18-,19+,20-/m0/s1. The third-order valence-corrected chi connectivity index (χ3v) is 6.69. The minimum Gasteiger partial charge on any atom is -0.355 e. The second-order valence-electron chi connectivity index (χ2n) is 8.37. The molecule has 0 aromatic heterocycles. The van der Waals surface area contributed by atoms with Crippen LogP contribution in [0.3, 0.4) is 0 Å². The minimum atomic E-state index is 0.00674. The van der Waals surface area contributed by atoms with Crippen LogP contribution in [-0.2, 0) is 0 Å². The van der Waals surface area contributed by atoms with E-state index in [1.54, 1.807) is 7.05 Å². The predicted molar refractivity (Wildman–Crippen MR) is 124 cm³/mol. The number of carbonyl (C=O) groups is 1. The van der Waals surface area contributed by atoms with Crippen LogP contribution in [0, 0.1) is 12.8 Å². The molecule has 30 heavy (non-hydrogen) atoms. The van der Waals surface area contributed by atoms with Gasteiger partial charge in [0.2, 0.25) is 0 Å². The summed E-state index contributed by atoms with van der Waals surface area (Å²) in [6.45, 7) is 5.00. The number of nitrogens with zero attached hydrogens (tertiary/aromatic N) is 3. The van der Waals surface area contributed by atoms with Gasteiger partial charge in [-0.15, -0.1) is 0 Å². The summed E-state index contributed by atoms with van der Waals surface area (Å²) in [6.07, 6.45) is 7.04. The van der Waals surface area contributed by atoms with E-state index in [2.05, 4.69) is 27.3 Å². The van der Waals surface area contributed by atoms with E-state index in [4.69, 9.17) is 17.3 Å². The highest BCUT2D eigenvalue weighted by Crippen LogP contribution is 2.47. The number of hydrogen-bond acceptors (Lipinski definition) is 3. The molecule has 6 nitrogen and oxygen atoms in total. The summed E-state index contributed by atoms with van der Waals surface area (Å²) < 4.78 is 0. The van der Waals surface area contributed by atoms with Crippen LogP contribution in [-0.4, -0.2) is 68.0 Å². The van der Waals surface area contributed by atoms with Crippen LogP contribution >= 0.6 is 11.6 Å². The number of nitrogens with one attached hydrogen (secondary N) is 1. The molecular weight excluding hydrogens is 398 g/mol. The van der Waals surface area contributed by atoms with Gasteiger partial charge in [-0.1, -0.05) is 29.8 Å². The van der Waals surface area contributed by atoms with E-state index in [1.165, 1.54) is 5.56 Å². The molecule has 3 rings (SSSR count). The normalized spacial score (nSPS) is 24.2. The third kappa shape index (κ3) is 5.55. The first-order valence-electron chi connectivity index (χ1n) is 10.8. The Morgan fingerprint density at radius 1 is 1.47 bits per heavy atom. The van der Waals surface area contributed by atoms with E-state index in [9.17, 15) is 4.79 Å². The summed E-state index contributed by atoms with van der Waals surface area (Å²) in [7, 11) is 3.69. The van der Waals surface area contributed by atoms with Crippen molar-refractivity contribution in [2.24, 2.45) is 16.6 Å². The van der Waals surface area contributed by atoms with Crippen LogP contribution in [0.1, 0.15) is 36.3 Å². The molecular formula is C23H34ClN5O. The van der Waals surface area contributed by atoms with Crippen molar-refractivity contribution in [3.05, 3.63) is 46.5 Å². The Morgan fingerprint density at radius 3 is 2.97 bits per heavy atom. The first kappa shape index (κ1) is 22.6. The Morgan fingerprint density at radius 2 is 2.27 bits per heavy atom. The highest BCUT2D eigenvalue weighted by molar-refractivity contribution is 6.31. The summed E-state index contributed by atoms with van der Waals surface area (Å²) in [5.41, 5.74) is 8.01. The van der Waals surface area contributed by atoms with Crippen molar-refractivity contribution in [2.45, 2.75) is 38.1 Å². The Kier molecular flexibility index (Phi) is 7.78. The van der Waals surface area contributed by atoms with Gasteiger partial charge in [-0.25, -0.2) is 4.79 Å². The average molecular weight is 432 g/mol. The lowest BCUT2D eigenvalue weighted by Gasteiger charge is -2.38. The molecule has 0 spiro atoms. The number of amidine groups is 1. The molecule has 2 aliphatic rings. The van der Waals surface area contributed by atoms with Crippen molar-refractivity contribution in [1.82, 2.24) is 15.1 Å². The van der Waals surface area contributed by atoms with Crippen molar-refractivity contribution in [2.75, 3.05) is 40.3 Å². The Hall–Kier alpha value is -2.05. The largest absolute Gasteiger partial charge is 0.355 e. The summed E-state index contributed by atoms with van der Waals surface area (Å²) >= 11 is 6.13. The van der Waals surface area contributed by atoms with Crippen LogP contribution in [0.2, 0.25) is 5.02 Å². The number of nitrogens with two attached hydrogens (primary N) is 1. The fourth-order valence-electron chi connectivity index (χ4n) is 4.26. The maximum absolute atomic E-state index is 12.8. The Labute approximate surface area is 185 Å². The minimum absolute atomic E-state index is 0.00674.